The monoisotopic (exact) mass is 298 g/mol. The van der Waals surface area contributed by atoms with E-state index in [1.807, 2.05) is 35.9 Å². The Balaban J connectivity index is 2.22. The molecule has 3 aromatic rings. The highest BCUT2D eigenvalue weighted by atomic mass is 32.2. The first-order chi connectivity index (χ1) is 10.1. The SMILES string of the molecule is CSc1cccc(-n2c(C)nc3cc(C(=O)O)ccc32)c1. The molecule has 0 aliphatic heterocycles. The summed E-state index contributed by atoms with van der Waals surface area (Å²) in [7, 11) is 0. The number of aromatic carboxylic acids is 1. The summed E-state index contributed by atoms with van der Waals surface area (Å²) in [6.45, 7) is 1.92. The highest BCUT2D eigenvalue weighted by Crippen LogP contribution is 2.25. The molecule has 2 aromatic carbocycles. The van der Waals surface area contributed by atoms with E-state index in [-0.39, 0.29) is 5.56 Å². The Kier molecular flexibility index (Phi) is 3.43. The molecule has 0 amide bonds. The molecule has 0 saturated heterocycles. The highest BCUT2D eigenvalue weighted by Gasteiger charge is 2.12. The lowest BCUT2D eigenvalue weighted by Gasteiger charge is -2.08. The Bertz CT molecular complexity index is 839. The molecule has 3 rings (SSSR count). The zero-order valence-electron chi connectivity index (χ0n) is 11.7. The van der Waals surface area contributed by atoms with Crippen molar-refractivity contribution in [3.8, 4) is 5.69 Å². The predicted octanol–water partition coefficient (Wildman–Crippen LogP) is 3.75. The summed E-state index contributed by atoms with van der Waals surface area (Å²) in [5.74, 6) is -0.0979. The zero-order chi connectivity index (χ0) is 15.0. The Hall–Kier alpha value is -2.27. The van der Waals surface area contributed by atoms with Crippen LogP contribution in [0.3, 0.4) is 0 Å². The van der Waals surface area contributed by atoms with Gasteiger partial charge in [-0.25, -0.2) is 9.78 Å². The highest BCUT2D eigenvalue weighted by molar-refractivity contribution is 7.98. The van der Waals surface area contributed by atoms with Gasteiger partial charge >= 0.3 is 5.97 Å². The van der Waals surface area contributed by atoms with Gasteiger partial charge in [0.1, 0.15) is 5.82 Å². The smallest absolute Gasteiger partial charge is 0.335 e. The lowest BCUT2D eigenvalue weighted by molar-refractivity contribution is 0.0697. The molecule has 0 unspecified atom stereocenters. The van der Waals surface area contributed by atoms with Crippen molar-refractivity contribution < 1.29 is 9.90 Å². The van der Waals surface area contributed by atoms with Crippen LogP contribution in [0.15, 0.2) is 47.4 Å². The van der Waals surface area contributed by atoms with Crippen molar-refractivity contribution in [1.29, 1.82) is 0 Å². The van der Waals surface area contributed by atoms with Gasteiger partial charge in [0.15, 0.2) is 0 Å². The molecule has 0 fully saturated rings. The fourth-order valence-electron chi connectivity index (χ4n) is 2.41. The van der Waals surface area contributed by atoms with Gasteiger partial charge in [-0.1, -0.05) is 6.07 Å². The molecule has 0 aliphatic carbocycles. The maximum absolute atomic E-state index is 11.1. The number of hydrogen-bond acceptors (Lipinski definition) is 3. The fourth-order valence-corrected chi connectivity index (χ4v) is 2.86. The van der Waals surface area contributed by atoms with Crippen LogP contribution in [0.25, 0.3) is 16.7 Å². The summed E-state index contributed by atoms with van der Waals surface area (Å²) >= 11 is 1.69. The van der Waals surface area contributed by atoms with E-state index in [0.717, 1.165) is 17.0 Å². The molecular weight excluding hydrogens is 284 g/mol. The van der Waals surface area contributed by atoms with Crippen LogP contribution in [-0.2, 0) is 0 Å². The topological polar surface area (TPSA) is 55.1 Å². The van der Waals surface area contributed by atoms with Crippen molar-refractivity contribution in [3.63, 3.8) is 0 Å². The number of hydrogen-bond donors (Lipinski definition) is 1. The van der Waals surface area contributed by atoms with Gasteiger partial charge in [-0.15, -0.1) is 11.8 Å². The molecule has 0 saturated carbocycles. The van der Waals surface area contributed by atoms with Crippen LogP contribution in [0.5, 0.6) is 0 Å². The Morgan fingerprint density at radius 2 is 2.05 bits per heavy atom. The quantitative estimate of drug-likeness (QED) is 0.748. The molecular formula is C16H14N2O2S. The summed E-state index contributed by atoms with van der Waals surface area (Å²) in [5, 5.41) is 9.07. The third kappa shape index (κ3) is 2.40. The number of carboxylic acids is 1. The van der Waals surface area contributed by atoms with Gasteiger partial charge in [0.2, 0.25) is 0 Å². The number of thioether (sulfide) groups is 1. The number of nitrogens with zero attached hydrogens (tertiary/aromatic N) is 2. The first-order valence-electron chi connectivity index (χ1n) is 6.47. The van der Waals surface area contributed by atoms with Crippen molar-refractivity contribution in [2.24, 2.45) is 0 Å². The lowest BCUT2D eigenvalue weighted by Crippen LogP contribution is -1.98. The van der Waals surface area contributed by atoms with E-state index in [2.05, 4.69) is 17.1 Å². The Labute approximate surface area is 126 Å². The molecule has 1 aromatic heterocycles. The Morgan fingerprint density at radius 3 is 2.76 bits per heavy atom. The maximum atomic E-state index is 11.1. The van der Waals surface area contributed by atoms with Crippen LogP contribution >= 0.6 is 11.8 Å². The second-order valence-corrected chi connectivity index (χ2v) is 5.58. The van der Waals surface area contributed by atoms with E-state index in [9.17, 15) is 4.79 Å². The van der Waals surface area contributed by atoms with Crippen LogP contribution in [0.1, 0.15) is 16.2 Å². The summed E-state index contributed by atoms with van der Waals surface area (Å²) in [6, 6.07) is 13.2. The van der Waals surface area contributed by atoms with Crippen molar-refractivity contribution >= 4 is 28.8 Å². The molecule has 0 radical (unpaired) electrons. The molecule has 5 heteroatoms. The summed E-state index contributed by atoms with van der Waals surface area (Å²) in [4.78, 5) is 16.7. The standard InChI is InChI=1S/C16H14N2O2S/c1-10-17-14-8-11(16(19)20)6-7-15(14)18(10)12-4-3-5-13(9-12)21-2/h3-9H,1-2H3,(H,19,20). The first-order valence-corrected chi connectivity index (χ1v) is 7.69. The van der Waals surface area contributed by atoms with E-state index in [4.69, 9.17) is 5.11 Å². The summed E-state index contributed by atoms with van der Waals surface area (Å²) < 4.78 is 2.04. The van der Waals surface area contributed by atoms with Gasteiger partial charge in [-0.2, -0.15) is 0 Å². The third-order valence-corrected chi connectivity index (χ3v) is 4.11. The fraction of sp³-hybridized carbons (Fsp3) is 0.125. The minimum atomic E-state index is -0.937. The van der Waals surface area contributed by atoms with Crippen LogP contribution in [-0.4, -0.2) is 26.9 Å². The van der Waals surface area contributed by atoms with Gasteiger partial charge in [-0.3, -0.25) is 4.57 Å². The molecule has 0 spiro atoms. The molecule has 0 aliphatic rings. The maximum Gasteiger partial charge on any atom is 0.335 e. The zero-order valence-corrected chi connectivity index (χ0v) is 12.5. The van der Waals surface area contributed by atoms with Crippen LogP contribution in [0.2, 0.25) is 0 Å². The average molecular weight is 298 g/mol. The second kappa shape index (κ2) is 5.26. The molecule has 21 heavy (non-hydrogen) atoms. The number of carbonyl (C=O) groups is 1. The molecule has 1 heterocycles. The lowest BCUT2D eigenvalue weighted by atomic mass is 10.2. The van der Waals surface area contributed by atoms with Gasteiger partial charge in [-0.05, 0) is 49.6 Å². The normalized spacial score (nSPS) is 11.0. The number of aryl methyl sites for hydroxylation is 1. The van der Waals surface area contributed by atoms with E-state index in [1.165, 1.54) is 4.90 Å². The third-order valence-electron chi connectivity index (χ3n) is 3.38. The molecule has 4 nitrogen and oxygen atoms in total. The molecule has 0 bridgehead atoms. The van der Waals surface area contributed by atoms with Crippen molar-refractivity contribution in [1.82, 2.24) is 9.55 Å². The van der Waals surface area contributed by atoms with Crippen LogP contribution in [0, 0.1) is 6.92 Å². The minimum Gasteiger partial charge on any atom is -0.478 e. The van der Waals surface area contributed by atoms with E-state index in [0.29, 0.717) is 5.52 Å². The van der Waals surface area contributed by atoms with Crippen LogP contribution in [0.4, 0.5) is 0 Å². The first kappa shape index (κ1) is 13.7. The number of carboxylic acid groups (broad SMARTS) is 1. The van der Waals surface area contributed by atoms with E-state index >= 15 is 0 Å². The number of imidazole rings is 1. The van der Waals surface area contributed by atoms with Crippen molar-refractivity contribution in [3.05, 3.63) is 53.9 Å². The number of benzene rings is 2. The van der Waals surface area contributed by atoms with E-state index in [1.54, 1.807) is 23.9 Å². The van der Waals surface area contributed by atoms with Gasteiger partial charge in [0.25, 0.3) is 0 Å². The Morgan fingerprint density at radius 1 is 1.24 bits per heavy atom. The van der Waals surface area contributed by atoms with Crippen molar-refractivity contribution in [2.45, 2.75) is 11.8 Å². The number of fused-ring (bicyclic) bond motifs is 1. The number of rotatable bonds is 3. The average Bonchev–Trinajstić information content (AvgIpc) is 2.82. The molecule has 106 valence electrons. The van der Waals surface area contributed by atoms with Gasteiger partial charge in [0.05, 0.1) is 16.6 Å². The minimum absolute atomic E-state index is 0.255. The second-order valence-electron chi connectivity index (χ2n) is 4.70. The van der Waals surface area contributed by atoms with Gasteiger partial charge in [0, 0.05) is 10.6 Å². The summed E-state index contributed by atoms with van der Waals surface area (Å²) in [6.07, 6.45) is 2.04. The molecule has 0 atom stereocenters. The largest absolute Gasteiger partial charge is 0.478 e. The van der Waals surface area contributed by atoms with E-state index < -0.39 is 5.97 Å². The van der Waals surface area contributed by atoms with Crippen LogP contribution < -0.4 is 0 Å². The predicted molar refractivity (Wildman–Crippen MR) is 84.5 cm³/mol. The van der Waals surface area contributed by atoms with Crippen molar-refractivity contribution in [2.75, 3.05) is 6.26 Å². The molecule has 1 N–H and O–H groups in total. The number of aromatic nitrogens is 2. The summed E-state index contributed by atoms with van der Waals surface area (Å²) in [5.41, 5.74) is 2.90. The van der Waals surface area contributed by atoms with Gasteiger partial charge < -0.3 is 5.11 Å².